The molecule has 5 aromatic rings. The molecule has 0 aliphatic carbocycles. The second-order valence-electron chi connectivity index (χ2n) is 21.3. The monoisotopic (exact) mass is 1100 g/mol. The van der Waals surface area contributed by atoms with E-state index in [4.69, 9.17) is 18.9 Å². The van der Waals surface area contributed by atoms with Crippen LogP contribution in [0, 0.1) is 0 Å². The molecule has 0 bridgehead atoms. The number of nitrogens with zero attached hydrogens (tertiary/aromatic N) is 1. The molecule has 0 saturated carbocycles. The Morgan fingerprint density at radius 3 is 1.77 bits per heavy atom. The Hall–Kier alpha value is -8.62. The Balaban J connectivity index is 1.22. The molecule has 4 aromatic carbocycles. The van der Waals surface area contributed by atoms with Crippen LogP contribution in [0.5, 0.6) is 0 Å². The standard InChI is InChI=1S/C59H75N9O12/c1-58(2,3)79-55(74)61-30-20-10-19-29-60-50(69)46(34-42-36-64-45-28-18-17-27-44(42)45)65-52(71)49(41-25-15-9-16-26-41)67-51(70)48-35-43(78-54(73)62-31-32-63-56(75)80-59(4,5)6)37-68(48)53(72)47(33-39-21-11-7-12-22-39)66-57(76)77-38-40-23-13-8-14-24-40/h7-9,11-18,21-28,36,43,46-49,64H,10,19-20,29-35,37-38H2,1-6H3,(H,60,69)(H,61,74)(H,62,73)(H,63,75)(H,65,71)(H,66,76)(H,67,70)/t43-,46-,47+,48+,49?/m1/s1. The molecule has 8 N–H and O–H groups in total. The lowest BCUT2D eigenvalue weighted by Gasteiger charge is -2.30. The van der Waals surface area contributed by atoms with Crippen LogP contribution in [0.25, 0.3) is 10.9 Å². The van der Waals surface area contributed by atoms with E-state index in [1.54, 1.807) is 133 Å². The van der Waals surface area contributed by atoms with Gasteiger partial charge in [-0.3, -0.25) is 19.2 Å². The Bertz CT molecular complexity index is 2850. The normalized spacial score (nSPS) is 15.2. The van der Waals surface area contributed by atoms with Crippen molar-refractivity contribution in [3.05, 3.63) is 144 Å². The predicted octanol–water partition coefficient (Wildman–Crippen LogP) is 6.62. The molecule has 0 spiro atoms. The van der Waals surface area contributed by atoms with Crippen molar-refractivity contribution in [2.75, 3.05) is 32.7 Å². The molecule has 1 saturated heterocycles. The molecule has 1 unspecified atom stereocenters. The van der Waals surface area contributed by atoms with Crippen molar-refractivity contribution in [3.8, 4) is 0 Å². The van der Waals surface area contributed by atoms with Gasteiger partial charge in [0.05, 0.1) is 6.54 Å². The maximum atomic E-state index is 15.0. The number of benzene rings is 4. The van der Waals surface area contributed by atoms with Gasteiger partial charge in [-0.2, -0.15) is 0 Å². The fourth-order valence-electron chi connectivity index (χ4n) is 8.80. The van der Waals surface area contributed by atoms with Gasteiger partial charge in [0.15, 0.2) is 0 Å². The number of hydrogen-bond acceptors (Lipinski definition) is 12. The minimum atomic E-state index is -1.41. The number of H-pyrrole nitrogens is 1. The molecular formula is C59H75N9O12. The van der Waals surface area contributed by atoms with Crippen molar-refractivity contribution >= 4 is 58.9 Å². The topological polar surface area (TPSA) is 277 Å². The number of carbonyl (C=O) groups is 8. The van der Waals surface area contributed by atoms with Crippen LogP contribution >= 0.6 is 0 Å². The quantitative estimate of drug-likeness (QED) is 0.0239. The summed E-state index contributed by atoms with van der Waals surface area (Å²) in [6.07, 6.45) is -0.551. The summed E-state index contributed by atoms with van der Waals surface area (Å²) in [6.45, 7) is 10.7. The molecular weight excluding hydrogens is 1030 g/mol. The minimum absolute atomic E-state index is 0.00140. The van der Waals surface area contributed by atoms with E-state index in [-0.39, 0.29) is 52.0 Å². The number of aromatic amines is 1. The second-order valence-corrected chi connectivity index (χ2v) is 21.3. The van der Waals surface area contributed by atoms with Crippen molar-refractivity contribution in [1.29, 1.82) is 0 Å². The molecule has 1 aliphatic rings. The highest BCUT2D eigenvalue weighted by Crippen LogP contribution is 2.26. The van der Waals surface area contributed by atoms with Crippen molar-refractivity contribution < 1.29 is 57.3 Å². The van der Waals surface area contributed by atoms with Gasteiger partial charge in [-0.15, -0.1) is 0 Å². The lowest BCUT2D eigenvalue weighted by atomic mass is 10.0. The number of nitrogens with one attached hydrogen (secondary N) is 8. The van der Waals surface area contributed by atoms with E-state index in [1.165, 1.54) is 4.90 Å². The van der Waals surface area contributed by atoms with Crippen molar-refractivity contribution in [1.82, 2.24) is 47.1 Å². The molecule has 1 fully saturated rings. The van der Waals surface area contributed by atoms with Gasteiger partial charge in [-0.1, -0.05) is 109 Å². The van der Waals surface area contributed by atoms with E-state index in [0.29, 0.717) is 42.5 Å². The van der Waals surface area contributed by atoms with Crippen molar-refractivity contribution in [2.24, 2.45) is 0 Å². The van der Waals surface area contributed by atoms with Crippen LogP contribution in [-0.4, -0.2) is 126 Å². The fourth-order valence-corrected chi connectivity index (χ4v) is 8.80. The van der Waals surface area contributed by atoms with E-state index >= 15 is 0 Å². The maximum Gasteiger partial charge on any atom is 0.408 e. The highest BCUT2D eigenvalue weighted by molar-refractivity contribution is 5.96. The molecule has 1 aliphatic heterocycles. The average molecular weight is 1100 g/mol. The van der Waals surface area contributed by atoms with Gasteiger partial charge in [0.25, 0.3) is 0 Å². The van der Waals surface area contributed by atoms with E-state index in [1.807, 2.05) is 30.3 Å². The Kier molecular flexibility index (Phi) is 22.3. The molecule has 1 aromatic heterocycles. The van der Waals surface area contributed by atoms with Gasteiger partial charge in [-0.25, -0.2) is 19.2 Å². The predicted molar refractivity (Wildman–Crippen MR) is 299 cm³/mol. The number of unbranched alkanes of at least 4 members (excludes halogenated alkanes) is 2. The second kappa shape index (κ2) is 29.4. The highest BCUT2D eigenvalue weighted by Gasteiger charge is 2.45. The van der Waals surface area contributed by atoms with Crippen LogP contribution in [0.1, 0.15) is 95.5 Å². The number of likely N-dealkylation sites (tertiary alicyclic amines) is 1. The van der Waals surface area contributed by atoms with E-state index in [2.05, 4.69) is 42.2 Å². The molecule has 5 atom stereocenters. The summed E-state index contributed by atoms with van der Waals surface area (Å²) in [4.78, 5) is 114. The zero-order valence-electron chi connectivity index (χ0n) is 46.3. The highest BCUT2D eigenvalue weighted by atomic mass is 16.6. The first-order valence-electron chi connectivity index (χ1n) is 26.9. The number of ether oxygens (including phenoxy) is 4. The van der Waals surface area contributed by atoms with Crippen LogP contribution in [0.15, 0.2) is 121 Å². The largest absolute Gasteiger partial charge is 0.445 e. The minimum Gasteiger partial charge on any atom is -0.445 e. The molecule has 6 rings (SSSR count). The first kappa shape index (κ1) is 60.6. The lowest BCUT2D eigenvalue weighted by Crippen LogP contribution is -2.56. The molecule has 21 nitrogen and oxygen atoms in total. The molecule has 8 amide bonds. The third kappa shape index (κ3) is 20.0. The van der Waals surface area contributed by atoms with Gasteiger partial charge < -0.3 is 66.0 Å². The summed E-state index contributed by atoms with van der Waals surface area (Å²) in [6, 6.07) is 28.7. The number of alkyl carbamates (subject to hydrolysis) is 4. The Labute approximate surface area is 466 Å². The fraction of sp³-hybridized carbons (Fsp3) is 0.424. The number of hydrogen-bond donors (Lipinski definition) is 8. The van der Waals surface area contributed by atoms with Crippen LogP contribution in [0.2, 0.25) is 0 Å². The van der Waals surface area contributed by atoms with Gasteiger partial charge in [0.2, 0.25) is 23.6 Å². The van der Waals surface area contributed by atoms with Crippen LogP contribution in [-0.2, 0) is 57.6 Å². The van der Waals surface area contributed by atoms with Crippen LogP contribution in [0.4, 0.5) is 19.2 Å². The van der Waals surface area contributed by atoms with E-state index in [9.17, 15) is 38.4 Å². The third-order valence-electron chi connectivity index (χ3n) is 12.5. The number of fused-ring (bicyclic) bond motifs is 1. The first-order valence-corrected chi connectivity index (χ1v) is 26.9. The summed E-state index contributed by atoms with van der Waals surface area (Å²) in [5.74, 6) is -2.70. The number of aromatic nitrogens is 1. The summed E-state index contributed by atoms with van der Waals surface area (Å²) in [5.41, 5.74) is 1.98. The lowest BCUT2D eigenvalue weighted by molar-refractivity contribution is -0.141. The van der Waals surface area contributed by atoms with Gasteiger partial charge >= 0.3 is 24.4 Å². The zero-order chi connectivity index (χ0) is 57.7. The van der Waals surface area contributed by atoms with Gasteiger partial charge in [0, 0.05) is 62.5 Å². The third-order valence-corrected chi connectivity index (χ3v) is 12.5. The number of rotatable bonds is 24. The molecule has 80 heavy (non-hydrogen) atoms. The van der Waals surface area contributed by atoms with Gasteiger partial charge in [0.1, 0.15) is 48.1 Å². The number of para-hydroxylation sites is 1. The van der Waals surface area contributed by atoms with Gasteiger partial charge in [-0.05, 0) is 89.1 Å². The van der Waals surface area contributed by atoms with Crippen molar-refractivity contribution in [3.63, 3.8) is 0 Å². The number of amides is 8. The number of carbonyl (C=O) groups excluding carboxylic acids is 8. The van der Waals surface area contributed by atoms with Crippen LogP contribution < -0.4 is 37.2 Å². The summed E-state index contributed by atoms with van der Waals surface area (Å²) >= 11 is 0. The average Bonchev–Trinajstić information content (AvgIpc) is 4.04. The zero-order valence-corrected chi connectivity index (χ0v) is 46.3. The summed E-state index contributed by atoms with van der Waals surface area (Å²) in [5, 5.41) is 20.1. The molecule has 0 radical (unpaired) electrons. The summed E-state index contributed by atoms with van der Waals surface area (Å²) < 4.78 is 21.9. The van der Waals surface area contributed by atoms with E-state index in [0.717, 1.165) is 16.5 Å². The van der Waals surface area contributed by atoms with E-state index < -0.39 is 89.5 Å². The Morgan fingerprint density at radius 2 is 1.14 bits per heavy atom. The smallest absolute Gasteiger partial charge is 0.408 e. The molecule has 21 heteroatoms. The first-order chi connectivity index (χ1) is 38.2. The molecule has 428 valence electrons. The molecule has 2 heterocycles. The summed E-state index contributed by atoms with van der Waals surface area (Å²) in [7, 11) is 0. The van der Waals surface area contributed by atoms with Crippen LogP contribution in [0.3, 0.4) is 0 Å². The SMILES string of the molecule is CC(C)(C)OC(=O)NCCCCCNC(=O)[C@@H](Cc1c[nH]c2ccccc12)NC(=O)C(NC(=O)[C@@H]1C[C@@H](OC(=O)NCCNC(=O)OC(C)(C)C)CN1C(=O)[C@H](Cc1ccccc1)NC(=O)OCc1ccccc1)c1ccccc1. The van der Waals surface area contributed by atoms with Crippen molar-refractivity contribution in [2.45, 2.75) is 128 Å². The Morgan fingerprint density at radius 1 is 0.575 bits per heavy atom. The maximum absolute atomic E-state index is 15.0.